The molecule has 2 atom stereocenters. The van der Waals surface area contributed by atoms with E-state index in [1.807, 2.05) is 0 Å². The van der Waals surface area contributed by atoms with E-state index in [0.29, 0.717) is 0 Å². The molecule has 1 saturated carbocycles. The van der Waals surface area contributed by atoms with Crippen LogP contribution >= 0.6 is 11.6 Å². The first-order chi connectivity index (χ1) is 21.0. The number of carbonyl (C=O) groups excluding carboxylic acids is 2. The number of halogens is 4. The standard InChI is InChI=1S/C29H27ClF3N7O4/c1-18(38(25(42)17-41)28-35-14-11-21(16-34)37-28)40(44)39(22-6-4-5-19(31)15-22)26(23-7-2-3-8-24(23)30)27(43)36-20-9-12-29(32,33)13-10-20/h2-8,11,14-15,18,20,26,41H,9-10,12-13,17H2,1H3/p+1. The first-order valence-corrected chi connectivity index (χ1v) is 13.9. The van der Waals surface area contributed by atoms with Gasteiger partial charge in [-0.15, -0.1) is 0 Å². The zero-order valence-electron chi connectivity index (χ0n) is 23.4. The molecule has 0 bridgehead atoms. The van der Waals surface area contributed by atoms with Crippen LogP contribution in [0.5, 0.6) is 0 Å². The van der Waals surface area contributed by atoms with Crippen molar-refractivity contribution in [3.05, 3.63) is 87.8 Å². The molecule has 4 rings (SSSR count). The fourth-order valence-corrected chi connectivity index (χ4v) is 5.15. The molecule has 11 nitrogen and oxygen atoms in total. The minimum Gasteiger partial charge on any atom is -0.387 e. The lowest BCUT2D eigenvalue weighted by atomic mass is 9.91. The third-order valence-electron chi connectivity index (χ3n) is 7.11. The van der Waals surface area contributed by atoms with Crippen LogP contribution in [0.3, 0.4) is 0 Å². The Kier molecular flexibility index (Phi) is 10.1. The molecule has 1 aromatic heterocycles. The third-order valence-corrected chi connectivity index (χ3v) is 7.46. The second kappa shape index (κ2) is 13.8. The number of carbonyl (C=O) groups is 2. The molecule has 44 heavy (non-hydrogen) atoms. The summed E-state index contributed by atoms with van der Waals surface area (Å²) in [5.74, 6) is -5.82. The summed E-state index contributed by atoms with van der Waals surface area (Å²) in [7, 11) is 0. The van der Waals surface area contributed by atoms with Crippen LogP contribution in [-0.4, -0.2) is 56.5 Å². The Hall–Kier alpha value is -4.61. The number of anilines is 2. The highest BCUT2D eigenvalue weighted by Crippen LogP contribution is 2.36. The van der Waals surface area contributed by atoms with Crippen LogP contribution in [0.1, 0.15) is 49.9 Å². The molecule has 1 aliphatic carbocycles. The fourth-order valence-electron chi connectivity index (χ4n) is 4.91. The molecular weight excluding hydrogens is 603 g/mol. The number of nitriles is 1. The van der Waals surface area contributed by atoms with Gasteiger partial charge >= 0.3 is 6.17 Å². The smallest absolute Gasteiger partial charge is 0.315 e. The minimum absolute atomic E-state index is 0.0171. The lowest BCUT2D eigenvalue weighted by Crippen LogP contribution is -2.56. The Morgan fingerprint density at radius 3 is 2.55 bits per heavy atom. The van der Waals surface area contributed by atoms with E-state index in [1.165, 1.54) is 43.5 Å². The van der Waals surface area contributed by atoms with Gasteiger partial charge in [-0.25, -0.2) is 28.0 Å². The second-order valence-electron chi connectivity index (χ2n) is 10.1. The van der Waals surface area contributed by atoms with Crippen LogP contribution in [0.25, 0.3) is 0 Å². The topological polar surface area (TPSA) is 143 Å². The number of hydrogen-bond donors (Lipinski definition) is 2. The van der Waals surface area contributed by atoms with Crippen molar-refractivity contribution in [3.8, 4) is 6.07 Å². The number of nitroso groups, excluding NO2 is 1. The van der Waals surface area contributed by atoms with Gasteiger partial charge in [0.05, 0.1) is 4.91 Å². The molecule has 2 unspecified atom stereocenters. The van der Waals surface area contributed by atoms with Crippen molar-refractivity contribution in [2.24, 2.45) is 0 Å². The van der Waals surface area contributed by atoms with E-state index in [9.17, 15) is 38.0 Å². The van der Waals surface area contributed by atoms with Crippen LogP contribution < -0.4 is 15.2 Å². The number of nitrogens with zero attached hydrogens (tertiary/aromatic N) is 6. The number of amides is 2. The summed E-state index contributed by atoms with van der Waals surface area (Å²) in [4.78, 5) is 50.2. The Morgan fingerprint density at radius 1 is 1.20 bits per heavy atom. The van der Waals surface area contributed by atoms with Crippen molar-refractivity contribution in [2.75, 3.05) is 16.5 Å². The van der Waals surface area contributed by atoms with Gasteiger partial charge in [0.15, 0.2) is 6.04 Å². The van der Waals surface area contributed by atoms with Crippen molar-refractivity contribution < 1.29 is 32.7 Å². The second-order valence-corrected chi connectivity index (χ2v) is 10.5. The van der Waals surface area contributed by atoms with Gasteiger partial charge in [0.2, 0.25) is 11.9 Å². The van der Waals surface area contributed by atoms with E-state index in [0.717, 1.165) is 22.0 Å². The van der Waals surface area contributed by atoms with E-state index in [4.69, 9.17) is 11.6 Å². The molecular formula is C29H28ClF3N7O4+. The summed E-state index contributed by atoms with van der Waals surface area (Å²) in [5.41, 5.74) is -0.137. The summed E-state index contributed by atoms with van der Waals surface area (Å²) in [6.07, 6.45) is -1.33. The molecule has 1 aliphatic rings. The van der Waals surface area contributed by atoms with Gasteiger partial charge < -0.3 is 10.4 Å². The average molecular weight is 631 g/mol. The van der Waals surface area contributed by atoms with E-state index in [2.05, 4.69) is 15.3 Å². The van der Waals surface area contributed by atoms with E-state index < -0.39 is 67.2 Å². The summed E-state index contributed by atoms with van der Waals surface area (Å²) in [6.45, 7) is 0.180. The van der Waals surface area contributed by atoms with Gasteiger partial charge in [0, 0.05) is 48.7 Å². The average Bonchev–Trinajstić information content (AvgIpc) is 3.01. The summed E-state index contributed by atoms with van der Waals surface area (Å²) < 4.78 is 42.2. The number of hydrogen-bond acceptors (Lipinski definition) is 7. The molecule has 0 saturated heterocycles. The number of hydrazine groups is 1. The molecule has 230 valence electrons. The first kappa shape index (κ1) is 32.3. The lowest BCUT2D eigenvalue weighted by Gasteiger charge is -2.32. The van der Waals surface area contributed by atoms with Crippen molar-refractivity contribution >= 4 is 35.1 Å². The number of benzene rings is 2. The Bertz CT molecular complexity index is 1580. The number of rotatable bonds is 10. The Labute approximate surface area is 255 Å². The van der Waals surface area contributed by atoms with Crippen LogP contribution in [0.15, 0.2) is 60.8 Å². The number of aliphatic hydroxyl groups is 1. The first-order valence-electron chi connectivity index (χ1n) is 13.6. The van der Waals surface area contributed by atoms with Crippen molar-refractivity contribution in [2.45, 2.75) is 56.8 Å². The predicted molar refractivity (Wildman–Crippen MR) is 153 cm³/mol. The monoisotopic (exact) mass is 630 g/mol. The Balaban J connectivity index is 1.83. The van der Waals surface area contributed by atoms with Gasteiger partial charge in [-0.1, -0.05) is 40.9 Å². The van der Waals surface area contributed by atoms with E-state index >= 15 is 0 Å². The van der Waals surface area contributed by atoms with Crippen molar-refractivity contribution in [1.82, 2.24) is 15.3 Å². The van der Waals surface area contributed by atoms with E-state index in [1.54, 1.807) is 18.2 Å². The highest BCUT2D eigenvalue weighted by molar-refractivity contribution is 6.31. The number of nitrogens with one attached hydrogen (secondary N) is 1. The Morgan fingerprint density at radius 2 is 1.91 bits per heavy atom. The normalized spacial score (nSPS) is 15.8. The summed E-state index contributed by atoms with van der Waals surface area (Å²) in [5, 5.41) is 22.7. The molecule has 2 amide bonds. The maximum absolute atomic E-state index is 14.6. The van der Waals surface area contributed by atoms with Gasteiger partial charge in [-0.3, -0.25) is 9.59 Å². The minimum atomic E-state index is -2.86. The largest absolute Gasteiger partial charge is 0.387 e. The molecule has 0 spiro atoms. The fraction of sp³-hybridized carbons (Fsp3) is 0.345. The van der Waals surface area contributed by atoms with Crippen LogP contribution in [-0.2, 0) is 9.59 Å². The van der Waals surface area contributed by atoms with Gasteiger partial charge in [0.1, 0.15) is 34.7 Å². The van der Waals surface area contributed by atoms with Crippen LogP contribution in [0.2, 0.25) is 5.02 Å². The summed E-state index contributed by atoms with van der Waals surface area (Å²) >= 11 is 6.51. The molecule has 3 aromatic rings. The highest BCUT2D eigenvalue weighted by Gasteiger charge is 2.47. The predicted octanol–water partition coefficient (Wildman–Crippen LogP) is 4.45. The number of aliphatic hydroxyl groups excluding tert-OH is 1. The highest BCUT2D eigenvalue weighted by atomic mass is 35.5. The maximum Gasteiger partial charge on any atom is 0.315 e. The molecule has 2 N–H and O–H groups in total. The molecule has 0 aliphatic heterocycles. The number of aromatic nitrogens is 2. The molecule has 0 radical (unpaired) electrons. The van der Waals surface area contributed by atoms with Gasteiger partial charge in [-0.2, -0.15) is 5.26 Å². The van der Waals surface area contributed by atoms with Gasteiger partial charge in [0.25, 0.3) is 11.8 Å². The van der Waals surface area contributed by atoms with Crippen LogP contribution in [0.4, 0.5) is 24.8 Å². The zero-order valence-corrected chi connectivity index (χ0v) is 24.2. The van der Waals surface area contributed by atoms with Crippen molar-refractivity contribution in [3.63, 3.8) is 0 Å². The van der Waals surface area contributed by atoms with Crippen molar-refractivity contribution in [1.29, 1.82) is 5.26 Å². The SMILES string of the molecule is CC(N(C(=O)CO)c1nccc(C#N)n1)[N+](=O)N(c1cccc(F)c1)C(C(=O)NC1CCC(F)(F)CC1)c1ccccc1Cl. The van der Waals surface area contributed by atoms with Crippen LogP contribution in [0, 0.1) is 22.1 Å². The lowest BCUT2D eigenvalue weighted by molar-refractivity contribution is -0.596. The maximum atomic E-state index is 14.6. The van der Waals surface area contributed by atoms with E-state index in [-0.39, 0.29) is 39.7 Å². The molecule has 15 heteroatoms. The van der Waals surface area contributed by atoms with Gasteiger partial charge in [-0.05, 0) is 37.1 Å². The zero-order chi connectivity index (χ0) is 32.0. The number of alkyl halides is 2. The molecule has 1 fully saturated rings. The quantitative estimate of drug-likeness (QED) is 0.190. The molecule has 2 aromatic carbocycles. The summed E-state index contributed by atoms with van der Waals surface area (Å²) in [6, 6.07) is 11.7. The third kappa shape index (κ3) is 7.29. The molecule has 1 heterocycles.